The molecule has 234 valence electrons. The molecule has 1 aliphatic carbocycles. The fraction of sp³-hybridized carbons (Fsp3) is 0.353. The molecule has 6 rings (SSSR count). The van der Waals surface area contributed by atoms with Gasteiger partial charge in [0.1, 0.15) is 25.4 Å². The maximum Gasteiger partial charge on any atom is 0.341 e. The SMILES string of the molecule is Bc1cc(Oc2ccc(S(=O)(=O)N3C(=O)N(CC4CCCC(CN)C4)C(=O)C3Cc3c[nH]c4ccccc34)cc2C)ccc1C. The van der Waals surface area contributed by atoms with E-state index in [1.54, 1.807) is 19.2 Å². The number of benzene rings is 3. The lowest BCUT2D eigenvalue weighted by Gasteiger charge is -2.30. The quantitative estimate of drug-likeness (QED) is 0.212. The number of nitrogens with one attached hydrogen (secondary N) is 1. The highest BCUT2D eigenvalue weighted by atomic mass is 32.2. The van der Waals surface area contributed by atoms with E-state index in [4.69, 9.17) is 10.5 Å². The third-order valence-corrected chi connectivity index (χ3v) is 11.2. The van der Waals surface area contributed by atoms with Gasteiger partial charge in [-0.15, -0.1) is 0 Å². The molecule has 3 unspecified atom stereocenters. The van der Waals surface area contributed by atoms with Crippen molar-refractivity contribution >= 4 is 46.2 Å². The van der Waals surface area contributed by atoms with Gasteiger partial charge in [0.25, 0.3) is 15.9 Å². The van der Waals surface area contributed by atoms with Crippen molar-refractivity contribution in [3.63, 3.8) is 0 Å². The fourth-order valence-electron chi connectivity index (χ4n) is 6.70. The van der Waals surface area contributed by atoms with Gasteiger partial charge in [-0.2, -0.15) is 0 Å². The molecule has 1 saturated heterocycles. The van der Waals surface area contributed by atoms with Gasteiger partial charge in [-0.05, 0) is 99.0 Å². The van der Waals surface area contributed by atoms with Crippen LogP contribution < -0.4 is 15.9 Å². The van der Waals surface area contributed by atoms with Gasteiger partial charge in [-0.3, -0.25) is 9.69 Å². The van der Waals surface area contributed by atoms with Gasteiger partial charge in [0.05, 0.1) is 4.90 Å². The van der Waals surface area contributed by atoms with E-state index in [1.807, 2.05) is 57.2 Å². The Balaban J connectivity index is 1.33. The number of para-hydroxylation sites is 1. The minimum atomic E-state index is -4.40. The lowest BCUT2D eigenvalue weighted by molar-refractivity contribution is -0.128. The molecule has 4 aromatic rings. The van der Waals surface area contributed by atoms with E-state index < -0.39 is 28.0 Å². The molecule has 3 amide bonds. The molecule has 0 spiro atoms. The average molecular weight is 627 g/mol. The highest BCUT2D eigenvalue weighted by Gasteiger charge is 2.52. The van der Waals surface area contributed by atoms with Gasteiger partial charge < -0.3 is 15.5 Å². The lowest BCUT2D eigenvalue weighted by atomic mass is 9.81. The van der Waals surface area contributed by atoms with E-state index in [9.17, 15) is 18.0 Å². The molecule has 1 aromatic heterocycles. The van der Waals surface area contributed by atoms with E-state index in [0.29, 0.717) is 29.5 Å². The van der Waals surface area contributed by atoms with E-state index >= 15 is 0 Å². The Labute approximate surface area is 265 Å². The molecule has 45 heavy (non-hydrogen) atoms. The van der Waals surface area contributed by atoms with Gasteiger partial charge in [-0.25, -0.2) is 17.5 Å². The molecular weight excluding hydrogens is 587 g/mol. The van der Waals surface area contributed by atoms with Crippen LogP contribution in [0.5, 0.6) is 11.5 Å². The highest BCUT2D eigenvalue weighted by molar-refractivity contribution is 7.89. The Kier molecular flexibility index (Phi) is 8.50. The summed E-state index contributed by atoms with van der Waals surface area (Å²) in [6.45, 7) is 4.53. The fourth-order valence-corrected chi connectivity index (χ4v) is 8.30. The van der Waals surface area contributed by atoms with Crippen molar-refractivity contribution in [1.29, 1.82) is 0 Å². The summed E-state index contributed by atoms with van der Waals surface area (Å²) in [5.74, 6) is 1.08. The number of hydrogen-bond donors (Lipinski definition) is 2. The van der Waals surface area contributed by atoms with Crippen LogP contribution in [-0.2, 0) is 21.2 Å². The number of fused-ring (bicyclic) bond motifs is 1. The number of carbonyl (C=O) groups excluding carboxylic acids is 2. The second-order valence-corrected chi connectivity index (χ2v) is 14.3. The van der Waals surface area contributed by atoms with Crippen molar-refractivity contribution < 1.29 is 22.7 Å². The molecule has 2 aliphatic rings. The average Bonchev–Trinajstić information content (AvgIpc) is 3.54. The summed E-state index contributed by atoms with van der Waals surface area (Å²) in [5.41, 5.74) is 10.4. The van der Waals surface area contributed by atoms with Gasteiger partial charge in [0.15, 0.2) is 0 Å². The van der Waals surface area contributed by atoms with Crippen molar-refractivity contribution in [3.05, 3.63) is 83.6 Å². The number of hydrogen-bond acceptors (Lipinski definition) is 6. The summed E-state index contributed by atoms with van der Waals surface area (Å²) in [6, 6.07) is 15.9. The Morgan fingerprint density at radius 1 is 1.00 bits per heavy atom. The topological polar surface area (TPSA) is 126 Å². The number of aryl methyl sites for hydroxylation is 2. The number of H-pyrrole nitrogens is 1. The minimum Gasteiger partial charge on any atom is -0.457 e. The van der Waals surface area contributed by atoms with Crippen molar-refractivity contribution in [2.75, 3.05) is 13.1 Å². The van der Waals surface area contributed by atoms with Gasteiger partial charge in [-0.1, -0.05) is 41.7 Å². The first kappa shape index (κ1) is 30.9. The second kappa shape index (κ2) is 12.4. The van der Waals surface area contributed by atoms with Gasteiger partial charge in [0, 0.05) is 30.1 Å². The molecule has 2 heterocycles. The summed E-state index contributed by atoms with van der Waals surface area (Å²) >= 11 is 0. The number of nitrogens with two attached hydrogens (primary N) is 1. The van der Waals surface area contributed by atoms with Crippen LogP contribution in [0.15, 0.2) is 71.8 Å². The molecule has 1 aliphatic heterocycles. The summed E-state index contributed by atoms with van der Waals surface area (Å²) in [7, 11) is -2.40. The molecule has 3 aromatic carbocycles. The number of urea groups is 1. The molecule has 9 nitrogen and oxygen atoms in total. The molecule has 0 radical (unpaired) electrons. The predicted molar refractivity (Wildman–Crippen MR) is 177 cm³/mol. The van der Waals surface area contributed by atoms with Crippen molar-refractivity contribution in [2.24, 2.45) is 17.6 Å². The number of nitrogens with zero attached hydrogens (tertiary/aromatic N) is 2. The van der Waals surface area contributed by atoms with Crippen molar-refractivity contribution in [2.45, 2.75) is 56.9 Å². The Morgan fingerprint density at radius 3 is 2.53 bits per heavy atom. The largest absolute Gasteiger partial charge is 0.457 e. The lowest BCUT2D eigenvalue weighted by Crippen LogP contribution is -2.42. The second-order valence-electron chi connectivity index (χ2n) is 12.5. The summed E-state index contributed by atoms with van der Waals surface area (Å²) in [5, 5.41) is 0.885. The number of carbonyl (C=O) groups is 2. The Bertz CT molecular complexity index is 1870. The zero-order valence-corrected chi connectivity index (χ0v) is 26.8. The van der Waals surface area contributed by atoms with E-state index in [0.717, 1.165) is 62.4 Å². The van der Waals surface area contributed by atoms with Crippen LogP contribution in [0.3, 0.4) is 0 Å². The smallest absolute Gasteiger partial charge is 0.341 e. The third-order valence-electron chi connectivity index (χ3n) is 9.42. The summed E-state index contributed by atoms with van der Waals surface area (Å²) in [4.78, 5) is 32.3. The first-order valence-electron chi connectivity index (χ1n) is 15.6. The van der Waals surface area contributed by atoms with Gasteiger partial charge >= 0.3 is 6.03 Å². The Hall–Kier alpha value is -4.09. The predicted octanol–water partition coefficient (Wildman–Crippen LogP) is 4.16. The number of imide groups is 1. The van der Waals surface area contributed by atoms with Crippen LogP contribution >= 0.6 is 0 Å². The number of aromatic amines is 1. The molecule has 0 bridgehead atoms. The summed E-state index contributed by atoms with van der Waals surface area (Å²) in [6.07, 6.45) is 5.53. The van der Waals surface area contributed by atoms with E-state index in [2.05, 4.69) is 4.98 Å². The van der Waals surface area contributed by atoms with Crippen LogP contribution in [0.2, 0.25) is 0 Å². The third kappa shape index (κ3) is 5.98. The van der Waals surface area contributed by atoms with Crippen molar-refractivity contribution in [3.8, 4) is 11.5 Å². The summed E-state index contributed by atoms with van der Waals surface area (Å²) < 4.78 is 35.5. The molecule has 2 fully saturated rings. The molecule has 3 N–H and O–H groups in total. The Morgan fingerprint density at radius 2 is 1.78 bits per heavy atom. The first-order valence-corrected chi connectivity index (χ1v) is 17.0. The van der Waals surface area contributed by atoms with Crippen LogP contribution in [-0.4, -0.2) is 61.5 Å². The van der Waals surface area contributed by atoms with Crippen molar-refractivity contribution in [1.82, 2.24) is 14.2 Å². The number of aromatic nitrogens is 1. The zero-order chi connectivity index (χ0) is 31.9. The normalized spacial score (nSPS) is 20.7. The van der Waals surface area contributed by atoms with Crippen LogP contribution in [0, 0.1) is 25.7 Å². The number of ether oxygens (including phenoxy) is 1. The zero-order valence-electron chi connectivity index (χ0n) is 26.0. The maximum absolute atomic E-state index is 14.3. The van der Waals surface area contributed by atoms with E-state index in [1.165, 1.54) is 12.1 Å². The number of amides is 3. The minimum absolute atomic E-state index is 0.0629. The first-order chi connectivity index (χ1) is 21.6. The van der Waals surface area contributed by atoms with Gasteiger partial charge in [0.2, 0.25) is 0 Å². The highest BCUT2D eigenvalue weighted by Crippen LogP contribution is 2.35. The number of rotatable bonds is 9. The van der Waals surface area contributed by atoms with Crippen LogP contribution in [0.25, 0.3) is 10.9 Å². The monoisotopic (exact) mass is 626 g/mol. The van der Waals surface area contributed by atoms with Crippen LogP contribution in [0.1, 0.15) is 42.4 Å². The standard InChI is InChI=1S/C34H39BN4O5S/c1-21-10-11-26(17-29(21)35)44-32-13-12-27(14-22(32)2)45(42,43)39-31(16-25-19-37-30-9-4-3-8-28(25)30)33(40)38(34(39)41)20-24-7-5-6-23(15-24)18-36/h3-4,8-14,17,19,23-24,31,37H,5-7,15-16,18,20,35-36H2,1-2H3. The molecule has 1 saturated carbocycles. The van der Waals surface area contributed by atoms with Crippen LogP contribution in [0.4, 0.5) is 4.79 Å². The molecular formula is C34H39BN4O5S. The number of sulfonamides is 1. The molecule has 11 heteroatoms. The maximum atomic E-state index is 14.3. The van der Waals surface area contributed by atoms with E-state index in [-0.39, 0.29) is 23.8 Å². The molecule has 3 atom stereocenters.